The fourth-order valence-electron chi connectivity index (χ4n) is 1.20. The monoisotopic (exact) mass is 223 g/mol. The number of rotatable bonds is 4. The summed E-state index contributed by atoms with van der Waals surface area (Å²) in [5.74, 6) is 5.84. The number of carbonyl (C=O) groups is 1. The number of nitrogens with zero attached hydrogens (tertiary/aromatic N) is 2. The lowest BCUT2D eigenvalue weighted by Crippen LogP contribution is -2.26. The van der Waals surface area contributed by atoms with Crippen LogP contribution in [-0.2, 0) is 0 Å². The summed E-state index contributed by atoms with van der Waals surface area (Å²) in [5.41, 5.74) is 3.12. The van der Waals surface area contributed by atoms with Crippen LogP contribution in [0, 0.1) is 0 Å². The summed E-state index contributed by atoms with van der Waals surface area (Å²) in [6.45, 7) is 6.32. The molecule has 1 amide bonds. The van der Waals surface area contributed by atoms with Gasteiger partial charge in [0.1, 0.15) is 5.82 Å². The van der Waals surface area contributed by atoms with Crippen LogP contribution in [0.2, 0.25) is 0 Å². The molecule has 1 aromatic heterocycles. The number of hydrogen-bond donors (Lipinski definition) is 3. The van der Waals surface area contributed by atoms with Crippen LogP contribution >= 0.6 is 0 Å². The first-order valence-electron chi connectivity index (χ1n) is 5.21. The van der Waals surface area contributed by atoms with Gasteiger partial charge in [0.05, 0.1) is 11.9 Å². The van der Waals surface area contributed by atoms with E-state index in [1.54, 1.807) is 0 Å². The van der Waals surface area contributed by atoms with Gasteiger partial charge >= 0.3 is 0 Å². The average molecular weight is 223 g/mol. The maximum Gasteiger partial charge on any atom is 0.272 e. The first-order valence-corrected chi connectivity index (χ1v) is 5.21. The molecule has 4 N–H and O–H groups in total. The van der Waals surface area contributed by atoms with E-state index in [2.05, 4.69) is 20.7 Å². The third kappa shape index (κ3) is 2.66. The Labute approximate surface area is 94.6 Å². The van der Waals surface area contributed by atoms with Crippen LogP contribution in [-0.4, -0.2) is 22.4 Å². The number of hydrogen-bond acceptors (Lipinski definition) is 5. The highest BCUT2D eigenvalue weighted by Crippen LogP contribution is 2.15. The molecule has 0 aliphatic rings. The molecule has 88 valence electrons. The summed E-state index contributed by atoms with van der Waals surface area (Å²) in [4.78, 5) is 20.0. The van der Waals surface area contributed by atoms with Crippen molar-refractivity contribution in [2.45, 2.75) is 26.7 Å². The summed E-state index contributed by atoms with van der Waals surface area (Å²) in [7, 11) is 0. The first kappa shape index (κ1) is 12.4. The van der Waals surface area contributed by atoms with E-state index in [1.807, 2.05) is 20.8 Å². The molecule has 0 aliphatic heterocycles. The van der Waals surface area contributed by atoms with Crippen LogP contribution in [0.1, 0.15) is 43.0 Å². The lowest BCUT2D eigenvalue weighted by atomic mass is 10.2. The number of carbonyl (C=O) groups excluding carboxylic acids is 1. The number of nitrogens with one attached hydrogen (secondary N) is 2. The van der Waals surface area contributed by atoms with Crippen molar-refractivity contribution in [2.75, 3.05) is 12.0 Å². The molecule has 0 aliphatic carbocycles. The molecule has 0 fully saturated rings. The normalized spacial score (nSPS) is 10.3. The molecular weight excluding hydrogens is 206 g/mol. The predicted molar refractivity (Wildman–Crippen MR) is 61.9 cm³/mol. The Morgan fingerprint density at radius 2 is 2.25 bits per heavy atom. The lowest BCUT2D eigenvalue weighted by Gasteiger charge is -2.10. The Kier molecular flexibility index (Phi) is 4.19. The van der Waals surface area contributed by atoms with Crippen molar-refractivity contribution in [2.24, 2.45) is 5.84 Å². The number of amides is 1. The first-order chi connectivity index (χ1) is 7.60. The predicted octanol–water partition coefficient (Wildman–Crippen LogP) is 0.635. The highest BCUT2D eigenvalue weighted by molar-refractivity contribution is 5.97. The molecule has 1 rings (SSSR count). The zero-order chi connectivity index (χ0) is 12.1. The van der Waals surface area contributed by atoms with E-state index < -0.39 is 0 Å². The van der Waals surface area contributed by atoms with Crippen molar-refractivity contribution in [1.82, 2.24) is 15.3 Å². The molecule has 0 saturated carbocycles. The summed E-state index contributed by atoms with van der Waals surface area (Å²) in [5, 5.41) is 2.68. The van der Waals surface area contributed by atoms with E-state index in [-0.39, 0.29) is 17.5 Å². The number of hydrazine groups is 1. The van der Waals surface area contributed by atoms with Gasteiger partial charge in [-0.2, -0.15) is 0 Å². The second-order valence-corrected chi connectivity index (χ2v) is 3.65. The molecule has 16 heavy (non-hydrogen) atoms. The molecule has 0 unspecified atom stereocenters. The topological polar surface area (TPSA) is 92.9 Å². The fourth-order valence-corrected chi connectivity index (χ4v) is 1.20. The minimum absolute atomic E-state index is 0.167. The van der Waals surface area contributed by atoms with Gasteiger partial charge in [-0.15, -0.1) is 0 Å². The van der Waals surface area contributed by atoms with Gasteiger partial charge in [0.15, 0.2) is 5.69 Å². The summed E-state index contributed by atoms with van der Waals surface area (Å²) in [6.07, 6.45) is 1.52. The van der Waals surface area contributed by atoms with Crippen molar-refractivity contribution in [3.05, 3.63) is 17.7 Å². The highest BCUT2D eigenvalue weighted by atomic mass is 16.1. The van der Waals surface area contributed by atoms with E-state index in [4.69, 9.17) is 5.84 Å². The second kappa shape index (κ2) is 5.41. The Balaban J connectivity index is 3.11. The maximum atomic E-state index is 11.7. The molecule has 0 saturated heterocycles. The third-order valence-electron chi connectivity index (χ3n) is 2.03. The van der Waals surface area contributed by atoms with E-state index in [0.29, 0.717) is 18.1 Å². The van der Waals surface area contributed by atoms with Gasteiger partial charge in [0.25, 0.3) is 5.91 Å². The molecule has 0 aromatic carbocycles. The van der Waals surface area contributed by atoms with E-state index in [1.165, 1.54) is 6.20 Å². The molecule has 0 radical (unpaired) electrons. The number of nitrogen functional groups attached to an aromatic ring is 1. The third-order valence-corrected chi connectivity index (χ3v) is 2.03. The van der Waals surface area contributed by atoms with Crippen molar-refractivity contribution in [1.29, 1.82) is 0 Å². The van der Waals surface area contributed by atoms with E-state index in [9.17, 15) is 4.79 Å². The van der Waals surface area contributed by atoms with E-state index in [0.717, 1.165) is 0 Å². The molecular formula is C10H17N5O. The van der Waals surface area contributed by atoms with Gasteiger partial charge in [-0.05, 0) is 6.92 Å². The van der Waals surface area contributed by atoms with Crippen LogP contribution in [0.3, 0.4) is 0 Å². The van der Waals surface area contributed by atoms with Crippen LogP contribution in [0.15, 0.2) is 6.20 Å². The molecule has 0 atom stereocenters. The Bertz CT molecular complexity index is 377. The molecule has 1 heterocycles. The van der Waals surface area contributed by atoms with Gasteiger partial charge in [-0.25, -0.2) is 9.97 Å². The lowest BCUT2D eigenvalue weighted by molar-refractivity contribution is 0.0951. The molecule has 0 spiro atoms. The maximum absolute atomic E-state index is 11.7. The number of nitrogens with two attached hydrogens (primary N) is 1. The standard InChI is InChI=1S/C10H17N5O/c1-4-12-10(16)8-7(15-11)5-13-9(14-8)6(2)3/h5-6,15H,4,11H2,1-3H3,(H,12,16). The quantitative estimate of drug-likeness (QED) is 0.514. The van der Waals surface area contributed by atoms with E-state index >= 15 is 0 Å². The van der Waals surface area contributed by atoms with Crippen molar-refractivity contribution in [3.63, 3.8) is 0 Å². The number of anilines is 1. The van der Waals surface area contributed by atoms with Gasteiger partial charge in [-0.1, -0.05) is 13.8 Å². The van der Waals surface area contributed by atoms with Gasteiger partial charge in [0.2, 0.25) is 0 Å². The molecule has 6 heteroatoms. The summed E-state index contributed by atoms with van der Waals surface area (Å²) in [6, 6.07) is 0. The second-order valence-electron chi connectivity index (χ2n) is 3.65. The van der Waals surface area contributed by atoms with Gasteiger partial charge in [0, 0.05) is 12.5 Å². The minimum Gasteiger partial charge on any atom is -0.351 e. The Morgan fingerprint density at radius 1 is 1.56 bits per heavy atom. The van der Waals surface area contributed by atoms with Crippen LogP contribution < -0.4 is 16.6 Å². The SMILES string of the molecule is CCNC(=O)c1nc(C(C)C)ncc1NN. The highest BCUT2D eigenvalue weighted by Gasteiger charge is 2.15. The summed E-state index contributed by atoms with van der Waals surface area (Å²) >= 11 is 0. The van der Waals surface area contributed by atoms with Gasteiger partial charge < -0.3 is 10.7 Å². The van der Waals surface area contributed by atoms with Gasteiger partial charge in [-0.3, -0.25) is 10.6 Å². The largest absolute Gasteiger partial charge is 0.351 e. The molecule has 0 bridgehead atoms. The van der Waals surface area contributed by atoms with Crippen molar-refractivity contribution in [3.8, 4) is 0 Å². The smallest absolute Gasteiger partial charge is 0.272 e. The van der Waals surface area contributed by atoms with Crippen molar-refractivity contribution >= 4 is 11.6 Å². The Morgan fingerprint density at radius 3 is 2.75 bits per heavy atom. The summed E-state index contributed by atoms with van der Waals surface area (Å²) < 4.78 is 0. The molecule has 6 nitrogen and oxygen atoms in total. The van der Waals surface area contributed by atoms with Crippen molar-refractivity contribution < 1.29 is 4.79 Å². The Hall–Kier alpha value is -1.69. The minimum atomic E-state index is -0.250. The zero-order valence-electron chi connectivity index (χ0n) is 9.74. The van der Waals surface area contributed by atoms with Crippen LogP contribution in [0.25, 0.3) is 0 Å². The fraction of sp³-hybridized carbons (Fsp3) is 0.500. The number of aromatic nitrogens is 2. The van der Waals surface area contributed by atoms with Crippen LogP contribution in [0.5, 0.6) is 0 Å². The molecule has 1 aromatic rings. The van der Waals surface area contributed by atoms with Crippen LogP contribution in [0.4, 0.5) is 5.69 Å². The zero-order valence-corrected chi connectivity index (χ0v) is 9.74. The average Bonchev–Trinajstić information content (AvgIpc) is 2.28.